The Bertz CT molecular complexity index is 922. The molecule has 2 rings (SSSR count). The fourth-order valence-electron chi connectivity index (χ4n) is 3.09. The summed E-state index contributed by atoms with van der Waals surface area (Å²) in [6, 6.07) is 7.72. The van der Waals surface area contributed by atoms with Gasteiger partial charge in [-0.15, -0.1) is 0 Å². The zero-order chi connectivity index (χ0) is 25.8. The van der Waals surface area contributed by atoms with Crippen LogP contribution in [0.4, 0.5) is 0 Å². The Labute approximate surface area is 214 Å². The summed E-state index contributed by atoms with van der Waals surface area (Å²) in [6.45, 7) is 22.1. The molecule has 0 N–H and O–H groups in total. The van der Waals surface area contributed by atoms with Crippen molar-refractivity contribution >= 4 is 11.8 Å². The molecule has 192 valence electrons. The first-order valence-corrected chi connectivity index (χ1v) is 12.7. The van der Waals surface area contributed by atoms with Gasteiger partial charge in [-0.1, -0.05) is 24.9 Å². The third-order valence-electron chi connectivity index (χ3n) is 4.40. The molecule has 7 heteroatoms. The first-order chi connectivity index (χ1) is 16.9. The molecule has 0 atom stereocenters. The van der Waals surface area contributed by atoms with Crippen molar-refractivity contribution in [2.75, 3.05) is 39.6 Å². The number of ether oxygens (including phenoxy) is 6. The van der Waals surface area contributed by atoms with E-state index in [1.165, 1.54) is 11.8 Å². The van der Waals surface area contributed by atoms with Crippen LogP contribution in [0.1, 0.15) is 41.5 Å². The predicted molar refractivity (Wildman–Crippen MR) is 142 cm³/mol. The lowest BCUT2D eigenvalue weighted by molar-refractivity contribution is 0.258. The molecular formula is C28H38O6S. The Morgan fingerprint density at radius 3 is 1.23 bits per heavy atom. The molecule has 0 fully saturated rings. The third kappa shape index (κ3) is 8.06. The van der Waals surface area contributed by atoms with Crippen molar-refractivity contribution < 1.29 is 28.4 Å². The van der Waals surface area contributed by atoms with Crippen molar-refractivity contribution in [1.82, 2.24) is 0 Å². The minimum Gasteiger partial charge on any atom is -0.489 e. The van der Waals surface area contributed by atoms with Crippen LogP contribution in [-0.4, -0.2) is 39.6 Å². The highest BCUT2D eigenvalue weighted by atomic mass is 32.2. The van der Waals surface area contributed by atoms with Gasteiger partial charge in [0.25, 0.3) is 0 Å². The van der Waals surface area contributed by atoms with Crippen LogP contribution in [0, 0.1) is 0 Å². The van der Waals surface area contributed by atoms with E-state index in [9.17, 15) is 0 Å². The van der Waals surface area contributed by atoms with Crippen molar-refractivity contribution in [2.24, 2.45) is 0 Å². The van der Waals surface area contributed by atoms with Crippen molar-refractivity contribution in [3.8, 4) is 34.5 Å². The van der Waals surface area contributed by atoms with E-state index < -0.39 is 0 Å². The highest BCUT2D eigenvalue weighted by Crippen LogP contribution is 2.51. The summed E-state index contributed by atoms with van der Waals surface area (Å²) in [5.41, 5.74) is 1.84. The second kappa shape index (κ2) is 14.5. The lowest BCUT2D eigenvalue weighted by atomic mass is 10.2. The van der Waals surface area contributed by atoms with E-state index in [2.05, 4.69) is 13.2 Å². The van der Waals surface area contributed by atoms with Crippen LogP contribution < -0.4 is 28.4 Å². The fraction of sp³-hybridized carbons (Fsp3) is 0.429. The molecule has 0 radical (unpaired) electrons. The second-order valence-corrected chi connectivity index (χ2v) is 8.85. The molecule has 6 nitrogen and oxygen atoms in total. The lowest BCUT2D eigenvalue weighted by Gasteiger charge is -2.21. The highest BCUT2D eigenvalue weighted by Gasteiger charge is 2.23. The molecule has 2 aromatic rings. The monoisotopic (exact) mass is 502 g/mol. The molecule has 0 aromatic heterocycles. The van der Waals surface area contributed by atoms with Gasteiger partial charge in [0.05, 0.1) is 36.2 Å². The summed E-state index contributed by atoms with van der Waals surface area (Å²) in [5, 5.41) is 0. The molecule has 0 aliphatic carbocycles. The predicted octanol–water partition coefficient (Wildman–Crippen LogP) is 7.34. The Morgan fingerprint density at radius 2 is 0.914 bits per heavy atom. The smallest absolute Gasteiger partial charge is 0.204 e. The highest BCUT2D eigenvalue weighted by molar-refractivity contribution is 7.99. The van der Waals surface area contributed by atoms with Crippen LogP contribution >= 0.6 is 11.8 Å². The maximum Gasteiger partial charge on any atom is 0.204 e. The quantitative estimate of drug-likeness (QED) is 0.223. The summed E-state index contributed by atoms with van der Waals surface area (Å²) in [4.78, 5) is 1.74. The standard InChI is InChI=1S/C28H38O6S/c1-9-29-25-21(33-17-19(5)6)13-15-23(27(25)31-11-3)35-24-16-14-22(34-18-20(7)8)26(30-10-2)28(24)32-12-4/h13-16H,5,7,9-12,17-18H2,1-4,6,8H3. The van der Waals surface area contributed by atoms with Crippen LogP contribution in [0.5, 0.6) is 34.5 Å². The van der Waals surface area contributed by atoms with E-state index in [0.29, 0.717) is 74.1 Å². The first kappa shape index (κ1) is 28.3. The maximum absolute atomic E-state index is 6.05. The van der Waals surface area contributed by atoms with Crippen LogP contribution in [-0.2, 0) is 0 Å². The van der Waals surface area contributed by atoms with E-state index in [-0.39, 0.29) is 0 Å². The zero-order valence-corrected chi connectivity index (χ0v) is 22.6. The Balaban J connectivity index is 2.56. The number of rotatable bonds is 16. The molecule has 0 saturated heterocycles. The fourth-order valence-corrected chi connectivity index (χ4v) is 4.08. The van der Waals surface area contributed by atoms with E-state index in [1.54, 1.807) is 0 Å². The van der Waals surface area contributed by atoms with E-state index >= 15 is 0 Å². The molecule has 0 spiro atoms. The molecular weight excluding hydrogens is 464 g/mol. The molecule has 0 amide bonds. The van der Waals surface area contributed by atoms with Crippen molar-refractivity contribution in [3.63, 3.8) is 0 Å². The van der Waals surface area contributed by atoms with E-state index in [0.717, 1.165) is 20.9 Å². The van der Waals surface area contributed by atoms with Crippen LogP contribution in [0.2, 0.25) is 0 Å². The average molecular weight is 503 g/mol. The topological polar surface area (TPSA) is 55.4 Å². The number of benzene rings is 2. The molecule has 0 unspecified atom stereocenters. The molecule has 0 heterocycles. The number of hydrogen-bond donors (Lipinski definition) is 0. The molecule has 2 aromatic carbocycles. The molecule has 0 aliphatic rings. The van der Waals surface area contributed by atoms with Gasteiger partial charge in [0.15, 0.2) is 23.0 Å². The summed E-state index contributed by atoms with van der Waals surface area (Å²) >= 11 is 1.51. The SMILES string of the molecule is C=C(C)COc1ccc(Sc2ccc(OCC(=C)C)c(OCC)c2OCC)c(OCC)c1OCC. The van der Waals surface area contributed by atoms with Gasteiger partial charge in [0, 0.05) is 0 Å². The van der Waals surface area contributed by atoms with Crippen LogP contribution in [0.15, 0.2) is 58.4 Å². The maximum atomic E-state index is 6.05. The Hall–Kier alpha value is -2.93. The summed E-state index contributed by atoms with van der Waals surface area (Å²) < 4.78 is 35.9. The minimum absolute atomic E-state index is 0.399. The van der Waals surface area contributed by atoms with Crippen molar-refractivity contribution in [1.29, 1.82) is 0 Å². The average Bonchev–Trinajstić information content (AvgIpc) is 2.81. The van der Waals surface area contributed by atoms with Gasteiger partial charge in [-0.3, -0.25) is 0 Å². The van der Waals surface area contributed by atoms with Crippen molar-refractivity contribution in [2.45, 2.75) is 51.3 Å². The Kier molecular flexibility index (Phi) is 11.7. The van der Waals surface area contributed by atoms with Crippen LogP contribution in [0.3, 0.4) is 0 Å². The molecule has 35 heavy (non-hydrogen) atoms. The minimum atomic E-state index is 0.399. The first-order valence-electron chi connectivity index (χ1n) is 11.9. The molecule has 0 bridgehead atoms. The molecule has 0 aliphatic heterocycles. The van der Waals surface area contributed by atoms with E-state index in [4.69, 9.17) is 28.4 Å². The van der Waals surface area contributed by atoms with E-state index in [1.807, 2.05) is 65.8 Å². The van der Waals surface area contributed by atoms with Gasteiger partial charge in [-0.25, -0.2) is 0 Å². The van der Waals surface area contributed by atoms with Crippen molar-refractivity contribution in [3.05, 3.63) is 48.6 Å². The normalized spacial score (nSPS) is 10.5. The van der Waals surface area contributed by atoms with Gasteiger partial charge in [-0.05, 0) is 77.0 Å². The third-order valence-corrected chi connectivity index (χ3v) is 5.49. The second-order valence-electron chi connectivity index (χ2n) is 7.77. The largest absolute Gasteiger partial charge is 0.489 e. The van der Waals surface area contributed by atoms with Gasteiger partial charge < -0.3 is 28.4 Å². The zero-order valence-electron chi connectivity index (χ0n) is 21.8. The van der Waals surface area contributed by atoms with Gasteiger partial charge in [-0.2, -0.15) is 0 Å². The lowest BCUT2D eigenvalue weighted by Crippen LogP contribution is -2.06. The van der Waals surface area contributed by atoms with Gasteiger partial charge >= 0.3 is 0 Å². The Morgan fingerprint density at radius 1 is 0.571 bits per heavy atom. The number of hydrogen-bond acceptors (Lipinski definition) is 7. The van der Waals surface area contributed by atoms with Gasteiger partial charge in [0.2, 0.25) is 11.5 Å². The van der Waals surface area contributed by atoms with Gasteiger partial charge in [0.1, 0.15) is 13.2 Å². The summed E-state index contributed by atoms with van der Waals surface area (Å²) in [5.74, 6) is 3.63. The summed E-state index contributed by atoms with van der Waals surface area (Å²) in [6.07, 6.45) is 0. The van der Waals surface area contributed by atoms with Crippen LogP contribution in [0.25, 0.3) is 0 Å². The molecule has 0 saturated carbocycles. The summed E-state index contributed by atoms with van der Waals surface area (Å²) in [7, 11) is 0.